The Morgan fingerprint density at radius 1 is 1.41 bits per heavy atom. The van der Waals surface area contributed by atoms with Crippen molar-refractivity contribution in [3.63, 3.8) is 0 Å². The van der Waals surface area contributed by atoms with Gasteiger partial charge in [-0.15, -0.1) is 24.5 Å². The van der Waals surface area contributed by atoms with Crippen LogP contribution in [0.2, 0.25) is 0 Å². The summed E-state index contributed by atoms with van der Waals surface area (Å²) in [6.07, 6.45) is -3.30. The quantitative estimate of drug-likeness (QED) is 0.702. The Hall–Kier alpha value is -2.34. The standard InChI is InChI=1S/C15H15F3N2O5S2/c1-3-10(13(21)22)11-7-19-14(26-11)20-27(23,24)12-5-4-9(6-8(12)2)25-15(16,17)18/h4-7,10H,3H2,1-2H3,(H,19,20)(H,21,22). The second kappa shape index (κ2) is 7.72. The van der Waals surface area contributed by atoms with Gasteiger partial charge < -0.3 is 9.84 Å². The number of carboxylic acids is 1. The highest BCUT2D eigenvalue weighted by molar-refractivity contribution is 7.93. The monoisotopic (exact) mass is 424 g/mol. The Morgan fingerprint density at radius 2 is 2.07 bits per heavy atom. The molecule has 27 heavy (non-hydrogen) atoms. The Bertz CT molecular complexity index is 941. The molecule has 0 fully saturated rings. The Kier molecular flexibility index (Phi) is 6.00. The van der Waals surface area contributed by atoms with E-state index in [0.717, 1.165) is 29.5 Å². The molecule has 0 aliphatic rings. The third-order valence-electron chi connectivity index (χ3n) is 3.46. The molecule has 7 nitrogen and oxygen atoms in total. The van der Waals surface area contributed by atoms with Crippen LogP contribution in [0.1, 0.15) is 29.7 Å². The number of aromatic nitrogens is 1. The van der Waals surface area contributed by atoms with Crippen molar-refractivity contribution in [2.45, 2.75) is 37.4 Å². The van der Waals surface area contributed by atoms with Gasteiger partial charge in [0.1, 0.15) is 5.75 Å². The molecular weight excluding hydrogens is 409 g/mol. The summed E-state index contributed by atoms with van der Waals surface area (Å²) in [6, 6.07) is 2.83. The summed E-state index contributed by atoms with van der Waals surface area (Å²) in [5, 5.41) is 9.10. The Labute approximate surface area is 156 Å². The molecule has 0 saturated carbocycles. The van der Waals surface area contributed by atoms with Gasteiger partial charge in [0.05, 0.1) is 10.8 Å². The van der Waals surface area contributed by atoms with Gasteiger partial charge in [0, 0.05) is 11.1 Å². The van der Waals surface area contributed by atoms with Crippen LogP contribution in [0.3, 0.4) is 0 Å². The van der Waals surface area contributed by atoms with Gasteiger partial charge in [-0.2, -0.15) is 0 Å². The van der Waals surface area contributed by atoms with E-state index >= 15 is 0 Å². The molecule has 0 aliphatic heterocycles. The van der Waals surface area contributed by atoms with E-state index in [-0.39, 0.29) is 15.6 Å². The maximum atomic E-state index is 12.5. The first-order valence-electron chi connectivity index (χ1n) is 7.50. The van der Waals surface area contributed by atoms with Crippen LogP contribution in [0, 0.1) is 6.92 Å². The van der Waals surface area contributed by atoms with Gasteiger partial charge in [0.25, 0.3) is 10.0 Å². The maximum Gasteiger partial charge on any atom is 0.573 e. The van der Waals surface area contributed by atoms with E-state index in [1.165, 1.54) is 13.1 Å². The summed E-state index contributed by atoms with van der Waals surface area (Å²) in [7, 11) is -4.13. The number of rotatable bonds is 7. The van der Waals surface area contributed by atoms with Crippen molar-refractivity contribution in [2.24, 2.45) is 0 Å². The largest absolute Gasteiger partial charge is 0.573 e. The molecular formula is C15H15F3N2O5S2. The summed E-state index contributed by atoms with van der Waals surface area (Å²) in [4.78, 5) is 15.2. The molecule has 148 valence electrons. The van der Waals surface area contributed by atoms with E-state index in [1.807, 2.05) is 0 Å². The molecule has 1 unspecified atom stereocenters. The highest BCUT2D eigenvalue weighted by Crippen LogP contribution is 2.31. The second-order valence-corrected chi connectivity index (χ2v) is 8.16. The number of carbonyl (C=O) groups is 1. The number of thiazole rings is 1. The number of aryl methyl sites for hydroxylation is 1. The van der Waals surface area contributed by atoms with Crippen molar-refractivity contribution < 1.29 is 36.2 Å². The summed E-state index contributed by atoms with van der Waals surface area (Å²) in [6.45, 7) is 3.00. The lowest BCUT2D eigenvalue weighted by Gasteiger charge is -2.12. The molecule has 1 heterocycles. The van der Waals surface area contributed by atoms with Crippen molar-refractivity contribution in [3.05, 3.63) is 34.8 Å². The van der Waals surface area contributed by atoms with Crippen molar-refractivity contribution >= 4 is 32.5 Å². The number of aliphatic carboxylic acids is 1. The number of carboxylic acid groups (broad SMARTS) is 1. The topological polar surface area (TPSA) is 106 Å². The van der Waals surface area contributed by atoms with Crippen molar-refractivity contribution in [3.8, 4) is 5.75 Å². The maximum absolute atomic E-state index is 12.5. The molecule has 0 radical (unpaired) electrons. The zero-order valence-corrected chi connectivity index (χ0v) is 15.7. The average molecular weight is 424 g/mol. The van der Waals surface area contributed by atoms with E-state index in [4.69, 9.17) is 5.11 Å². The van der Waals surface area contributed by atoms with E-state index in [9.17, 15) is 26.4 Å². The minimum Gasteiger partial charge on any atom is -0.481 e. The first-order chi connectivity index (χ1) is 12.4. The summed E-state index contributed by atoms with van der Waals surface area (Å²) in [5.74, 6) is -2.39. The van der Waals surface area contributed by atoms with Gasteiger partial charge in [-0.25, -0.2) is 13.4 Å². The fourth-order valence-electron chi connectivity index (χ4n) is 2.28. The summed E-state index contributed by atoms with van der Waals surface area (Å²) >= 11 is 0.877. The minimum absolute atomic E-state index is 0.0398. The summed E-state index contributed by atoms with van der Waals surface area (Å²) < 4.78 is 67.7. The van der Waals surface area contributed by atoms with Gasteiger partial charge >= 0.3 is 12.3 Å². The number of hydrogen-bond donors (Lipinski definition) is 2. The second-order valence-electron chi connectivity index (χ2n) is 5.45. The van der Waals surface area contributed by atoms with Crippen LogP contribution in [-0.2, 0) is 14.8 Å². The molecule has 0 spiro atoms. The Morgan fingerprint density at radius 3 is 2.59 bits per heavy atom. The Balaban J connectivity index is 2.24. The highest BCUT2D eigenvalue weighted by Gasteiger charge is 2.31. The molecule has 2 rings (SSSR count). The van der Waals surface area contributed by atoms with E-state index < -0.39 is 34.0 Å². The SMILES string of the molecule is CCC(C(=O)O)c1cnc(NS(=O)(=O)c2ccc(OC(F)(F)F)cc2C)s1. The average Bonchev–Trinajstić information content (AvgIpc) is 2.92. The van der Waals surface area contributed by atoms with Crippen molar-refractivity contribution in [2.75, 3.05) is 4.72 Å². The molecule has 0 aliphatic carbocycles. The predicted molar refractivity (Wildman–Crippen MR) is 91.5 cm³/mol. The zero-order chi connectivity index (χ0) is 20.4. The number of nitrogens with zero attached hydrogens (tertiary/aromatic N) is 1. The highest BCUT2D eigenvalue weighted by atomic mass is 32.2. The van der Waals surface area contributed by atoms with E-state index in [2.05, 4.69) is 14.4 Å². The molecule has 0 bridgehead atoms. The molecule has 1 atom stereocenters. The molecule has 1 aromatic heterocycles. The molecule has 1 aromatic carbocycles. The molecule has 2 N–H and O–H groups in total. The predicted octanol–water partition coefficient (Wildman–Crippen LogP) is 3.73. The van der Waals surface area contributed by atoms with Crippen molar-refractivity contribution in [1.29, 1.82) is 0 Å². The lowest BCUT2D eigenvalue weighted by atomic mass is 10.1. The summed E-state index contributed by atoms with van der Waals surface area (Å²) in [5.41, 5.74) is 0.0398. The van der Waals surface area contributed by atoms with Crippen LogP contribution in [0.4, 0.5) is 18.3 Å². The van der Waals surface area contributed by atoms with Crippen LogP contribution in [-0.4, -0.2) is 30.8 Å². The number of nitrogens with one attached hydrogen (secondary N) is 1. The van der Waals surface area contributed by atoms with Gasteiger partial charge in [-0.05, 0) is 37.1 Å². The number of alkyl halides is 3. The number of ether oxygens (including phenoxy) is 1. The van der Waals surface area contributed by atoms with Crippen LogP contribution >= 0.6 is 11.3 Å². The van der Waals surface area contributed by atoms with Crippen molar-refractivity contribution in [1.82, 2.24) is 4.98 Å². The fourth-order valence-corrected chi connectivity index (χ4v) is 4.74. The third-order valence-corrected chi connectivity index (χ3v) is 6.12. The van der Waals surface area contributed by atoms with Gasteiger partial charge in [-0.1, -0.05) is 6.92 Å². The number of sulfonamides is 1. The molecule has 0 amide bonds. The zero-order valence-electron chi connectivity index (χ0n) is 14.1. The molecule has 12 heteroatoms. The minimum atomic E-state index is -4.89. The van der Waals surface area contributed by atoms with E-state index in [1.54, 1.807) is 6.92 Å². The smallest absolute Gasteiger partial charge is 0.481 e. The first-order valence-corrected chi connectivity index (χ1v) is 9.80. The van der Waals surface area contributed by atoms with Gasteiger partial charge in [0.2, 0.25) is 0 Å². The number of anilines is 1. The molecule has 0 saturated heterocycles. The fraction of sp³-hybridized carbons (Fsp3) is 0.333. The van der Waals surface area contributed by atoms with Gasteiger partial charge in [0.15, 0.2) is 5.13 Å². The van der Waals surface area contributed by atoms with Crippen LogP contribution in [0.15, 0.2) is 29.3 Å². The van der Waals surface area contributed by atoms with E-state index in [0.29, 0.717) is 11.3 Å². The number of hydrogen-bond acceptors (Lipinski definition) is 6. The van der Waals surface area contributed by atoms with Crippen LogP contribution in [0.5, 0.6) is 5.75 Å². The van der Waals surface area contributed by atoms with Gasteiger partial charge in [-0.3, -0.25) is 9.52 Å². The number of halogens is 3. The van der Waals surface area contributed by atoms with Crippen LogP contribution < -0.4 is 9.46 Å². The molecule has 2 aromatic rings. The first kappa shape index (κ1) is 21.0. The third kappa shape index (κ3) is 5.32. The lowest BCUT2D eigenvalue weighted by molar-refractivity contribution is -0.274. The normalized spacial score (nSPS) is 13.2. The lowest BCUT2D eigenvalue weighted by Crippen LogP contribution is -2.18. The van der Waals surface area contributed by atoms with Crippen LogP contribution in [0.25, 0.3) is 0 Å². The number of benzene rings is 1.